The number of methoxy groups -OCH3 is 1. The first-order valence-electron chi connectivity index (χ1n) is 5.90. The number of halogens is 2. The average molecular weight is 273 g/mol. The number of carbonyl (C=O) groups is 1. The van der Waals surface area contributed by atoms with Crippen molar-refractivity contribution in [2.45, 2.75) is 6.42 Å². The van der Waals surface area contributed by atoms with Crippen LogP contribution in [0.1, 0.15) is 5.56 Å². The fourth-order valence-electron chi connectivity index (χ4n) is 1.62. The number of hydrogen-bond acceptors (Lipinski definition) is 3. The number of nitrogens with zero attached hydrogens (tertiary/aromatic N) is 1. The Labute approximate surface area is 110 Å². The third kappa shape index (κ3) is 4.92. The van der Waals surface area contributed by atoms with Crippen molar-refractivity contribution in [1.29, 1.82) is 0 Å². The van der Waals surface area contributed by atoms with E-state index in [1.54, 1.807) is 0 Å². The number of aliphatic hydroxyl groups is 1. The largest absolute Gasteiger partial charge is 0.395 e. The molecule has 0 spiro atoms. The van der Waals surface area contributed by atoms with Crippen LogP contribution < -0.4 is 0 Å². The van der Waals surface area contributed by atoms with Crippen molar-refractivity contribution in [1.82, 2.24) is 4.90 Å². The summed E-state index contributed by atoms with van der Waals surface area (Å²) in [7, 11) is 1.51. The molecule has 0 fully saturated rings. The summed E-state index contributed by atoms with van der Waals surface area (Å²) in [5, 5.41) is 8.89. The lowest BCUT2D eigenvalue weighted by Crippen LogP contribution is -2.37. The fraction of sp³-hybridized carbons (Fsp3) is 0.462. The molecule has 0 saturated heterocycles. The second kappa shape index (κ2) is 7.81. The lowest BCUT2D eigenvalue weighted by Gasteiger charge is -2.21. The maximum absolute atomic E-state index is 13.0. The van der Waals surface area contributed by atoms with E-state index < -0.39 is 11.6 Å². The third-order valence-electron chi connectivity index (χ3n) is 2.63. The molecule has 0 unspecified atom stereocenters. The summed E-state index contributed by atoms with van der Waals surface area (Å²) in [5.41, 5.74) is 0.393. The van der Waals surface area contributed by atoms with Crippen LogP contribution in [0.25, 0.3) is 0 Å². The highest BCUT2D eigenvalue weighted by atomic mass is 19.2. The molecule has 1 amide bonds. The van der Waals surface area contributed by atoms with E-state index in [0.29, 0.717) is 18.7 Å². The predicted octanol–water partition coefficient (Wildman–Crippen LogP) is 0.975. The smallest absolute Gasteiger partial charge is 0.227 e. The van der Waals surface area contributed by atoms with Crippen LogP contribution in [0.5, 0.6) is 0 Å². The first kappa shape index (κ1) is 15.5. The number of carbonyl (C=O) groups excluding carboxylic acids is 1. The van der Waals surface area contributed by atoms with Gasteiger partial charge in [-0.2, -0.15) is 0 Å². The molecule has 0 heterocycles. The predicted molar refractivity (Wildman–Crippen MR) is 65.6 cm³/mol. The van der Waals surface area contributed by atoms with Gasteiger partial charge in [-0.15, -0.1) is 0 Å². The molecule has 0 bridgehead atoms. The van der Waals surface area contributed by atoms with Crippen LogP contribution in [0.2, 0.25) is 0 Å². The molecule has 0 aromatic heterocycles. The Kier molecular flexibility index (Phi) is 6.38. The number of benzene rings is 1. The first-order valence-corrected chi connectivity index (χ1v) is 5.90. The van der Waals surface area contributed by atoms with Crippen molar-refractivity contribution in [3.63, 3.8) is 0 Å². The number of rotatable bonds is 7. The van der Waals surface area contributed by atoms with Crippen molar-refractivity contribution in [2.75, 3.05) is 33.4 Å². The van der Waals surface area contributed by atoms with Crippen molar-refractivity contribution in [2.24, 2.45) is 0 Å². The van der Waals surface area contributed by atoms with Gasteiger partial charge >= 0.3 is 0 Å². The monoisotopic (exact) mass is 273 g/mol. The lowest BCUT2D eigenvalue weighted by molar-refractivity contribution is -0.131. The van der Waals surface area contributed by atoms with Crippen LogP contribution in [0.4, 0.5) is 8.78 Å². The zero-order valence-electron chi connectivity index (χ0n) is 10.7. The average Bonchev–Trinajstić information content (AvgIpc) is 2.38. The highest BCUT2D eigenvalue weighted by molar-refractivity contribution is 5.78. The van der Waals surface area contributed by atoms with E-state index in [9.17, 15) is 13.6 Å². The van der Waals surface area contributed by atoms with Crippen LogP contribution in [0.15, 0.2) is 18.2 Å². The number of ether oxygens (including phenoxy) is 1. The first-order chi connectivity index (χ1) is 9.08. The quantitative estimate of drug-likeness (QED) is 0.805. The Morgan fingerprint density at radius 2 is 2.05 bits per heavy atom. The Morgan fingerprint density at radius 1 is 1.32 bits per heavy atom. The molecule has 106 valence electrons. The van der Waals surface area contributed by atoms with Crippen LogP contribution in [-0.4, -0.2) is 49.3 Å². The molecule has 0 aliphatic carbocycles. The summed E-state index contributed by atoms with van der Waals surface area (Å²) in [6, 6.07) is 3.36. The third-order valence-corrected chi connectivity index (χ3v) is 2.63. The standard InChI is InChI=1S/C13H17F2NO3/c1-19-7-5-16(4-6-17)13(18)9-10-2-3-11(14)12(15)8-10/h2-3,8,17H,4-7,9H2,1H3. The fourth-order valence-corrected chi connectivity index (χ4v) is 1.62. The Bertz CT molecular complexity index is 426. The van der Waals surface area contributed by atoms with Gasteiger partial charge in [-0.3, -0.25) is 4.79 Å². The van der Waals surface area contributed by atoms with Crippen LogP contribution in [0, 0.1) is 11.6 Å². The molecule has 0 aliphatic rings. The van der Waals surface area contributed by atoms with E-state index in [2.05, 4.69) is 0 Å². The summed E-state index contributed by atoms with van der Waals surface area (Å²) in [6.45, 7) is 0.724. The molecule has 1 aromatic carbocycles. The van der Waals surface area contributed by atoms with E-state index in [-0.39, 0.29) is 25.5 Å². The van der Waals surface area contributed by atoms with Crippen molar-refractivity contribution in [3.8, 4) is 0 Å². The zero-order chi connectivity index (χ0) is 14.3. The van der Waals surface area contributed by atoms with Gasteiger partial charge in [0.05, 0.1) is 19.6 Å². The van der Waals surface area contributed by atoms with Gasteiger partial charge in [-0.25, -0.2) is 8.78 Å². The van der Waals surface area contributed by atoms with E-state index in [1.807, 2.05) is 0 Å². The van der Waals surface area contributed by atoms with Crippen molar-refractivity contribution < 1.29 is 23.4 Å². The maximum Gasteiger partial charge on any atom is 0.227 e. The molecule has 0 atom stereocenters. The van der Waals surface area contributed by atoms with Gasteiger partial charge < -0.3 is 14.7 Å². The van der Waals surface area contributed by atoms with Gasteiger partial charge in [0.25, 0.3) is 0 Å². The molecule has 0 radical (unpaired) electrons. The number of aliphatic hydroxyl groups excluding tert-OH is 1. The van der Waals surface area contributed by atoms with Gasteiger partial charge in [0.1, 0.15) is 0 Å². The van der Waals surface area contributed by atoms with Gasteiger partial charge in [-0.05, 0) is 17.7 Å². The molecule has 19 heavy (non-hydrogen) atoms. The second-order valence-electron chi connectivity index (χ2n) is 4.02. The lowest BCUT2D eigenvalue weighted by atomic mass is 10.1. The summed E-state index contributed by atoms with van der Waals surface area (Å²) >= 11 is 0. The van der Waals surface area contributed by atoms with Crippen LogP contribution >= 0.6 is 0 Å². The molecular weight excluding hydrogens is 256 g/mol. The zero-order valence-corrected chi connectivity index (χ0v) is 10.7. The highest BCUT2D eigenvalue weighted by Crippen LogP contribution is 2.10. The summed E-state index contributed by atoms with van der Waals surface area (Å²) in [4.78, 5) is 13.4. The number of amides is 1. The van der Waals surface area contributed by atoms with Gasteiger partial charge in [0.15, 0.2) is 11.6 Å². The minimum Gasteiger partial charge on any atom is -0.395 e. The Hall–Kier alpha value is -1.53. The summed E-state index contributed by atoms with van der Waals surface area (Å²) in [6.07, 6.45) is -0.0408. The SMILES string of the molecule is COCCN(CCO)C(=O)Cc1ccc(F)c(F)c1. The molecule has 0 saturated carbocycles. The van der Waals surface area contributed by atoms with Crippen molar-refractivity contribution >= 4 is 5.91 Å². The minimum atomic E-state index is -0.976. The molecule has 6 heteroatoms. The van der Waals surface area contributed by atoms with Crippen LogP contribution in [0.3, 0.4) is 0 Å². The number of hydrogen-bond donors (Lipinski definition) is 1. The molecule has 0 aliphatic heterocycles. The highest BCUT2D eigenvalue weighted by Gasteiger charge is 2.14. The van der Waals surface area contributed by atoms with E-state index in [4.69, 9.17) is 9.84 Å². The molecule has 1 N–H and O–H groups in total. The molecule has 1 aromatic rings. The minimum absolute atomic E-state index is 0.0408. The second-order valence-corrected chi connectivity index (χ2v) is 4.02. The maximum atomic E-state index is 13.0. The Balaban J connectivity index is 2.66. The molecule has 4 nitrogen and oxygen atoms in total. The molecular formula is C13H17F2NO3. The summed E-state index contributed by atoms with van der Waals surface area (Å²) in [5.74, 6) is -2.18. The van der Waals surface area contributed by atoms with Gasteiger partial charge in [0.2, 0.25) is 5.91 Å². The Morgan fingerprint density at radius 3 is 2.63 bits per heavy atom. The summed E-state index contributed by atoms with van der Waals surface area (Å²) < 4.78 is 30.7. The van der Waals surface area contributed by atoms with E-state index >= 15 is 0 Å². The topological polar surface area (TPSA) is 49.8 Å². The van der Waals surface area contributed by atoms with Crippen molar-refractivity contribution in [3.05, 3.63) is 35.4 Å². The van der Waals surface area contributed by atoms with E-state index in [0.717, 1.165) is 12.1 Å². The molecule has 1 rings (SSSR count). The van der Waals surface area contributed by atoms with Gasteiger partial charge in [-0.1, -0.05) is 6.07 Å². The van der Waals surface area contributed by atoms with E-state index in [1.165, 1.54) is 18.1 Å². The van der Waals surface area contributed by atoms with Crippen LogP contribution in [-0.2, 0) is 16.0 Å². The van der Waals surface area contributed by atoms with Gasteiger partial charge in [0, 0.05) is 20.2 Å². The normalized spacial score (nSPS) is 10.5.